The summed E-state index contributed by atoms with van der Waals surface area (Å²) >= 11 is 0. The number of nitrogens with zero attached hydrogens (tertiary/aromatic N) is 5. The molecule has 0 aliphatic rings. The Morgan fingerprint density at radius 2 is 2.26 bits per heavy atom. The fourth-order valence-corrected chi connectivity index (χ4v) is 1.69. The van der Waals surface area contributed by atoms with E-state index in [-0.39, 0.29) is 12.3 Å². The molecular weight excluding hydrogens is 248 g/mol. The van der Waals surface area contributed by atoms with Gasteiger partial charge in [-0.15, -0.1) is 0 Å². The maximum atomic E-state index is 12.0. The number of aryl methyl sites for hydroxylation is 3. The standard InChI is InChI=1S/C11H16N6O2/c1-4-17-10(9(12)7(2)15-17)11(18)19-5-8-13-6-14-16(8)3/h6H,4-5,12H2,1-3H3. The van der Waals surface area contributed by atoms with E-state index in [1.54, 1.807) is 18.7 Å². The van der Waals surface area contributed by atoms with Crippen LogP contribution in [0.25, 0.3) is 0 Å². The summed E-state index contributed by atoms with van der Waals surface area (Å²) in [5.41, 5.74) is 7.09. The van der Waals surface area contributed by atoms with E-state index in [1.807, 2.05) is 6.92 Å². The van der Waals surface area contributed by atoms with Crippen LogP contribution < -0.4 is 5.73 Å². The average Bonchev–Trinajstić information content (AvgIpc) is 2.91. The summed E-state index contributed by atoms with van der Waals surface area (Å²) in [5, 5.41) is 8.06. The Bertz CT molecular complexity index is 600. The lowest BCUT2D eigenvalue weighted by molar-refractivity contribution is 0.0445. The molecule has 0 unspecified atom stereocenters. The molecule has 2 aromatic heterocycles. The minimum absolute atomic E-state index is 0.0444. The van der Waals surface area contributed by atoms with E-state index >= 15 is 0 Å². The van der Waals surface area contributed by atoms with Crippen molar-refractivity contribution in [3.8, 4) is 0 Å². The molecule has 0 fully saturated rings. The molecule has 0 bridgehead atoms. The Balaban J connectivity index is 2.14. The second kappa shape index (κ2) is 5.09. The number of hydrogen-bond acceptors (Lipinski definition) is 6. The van der Waals surface area contributed by atoms with Gasteiger partial charge in [-0.05, 0) is 13.8 Å². The first kappa shape index (κ1) is 13.1. The molecule has 19 heavy (non-hydrogen) atoms. The van der Waals surface area contributed by atoms with Gasteiger partial charge in [0.1, 0.15) is 6.33 Å². The number of rotatable bonds is 4. The molecule has 0 atom stereocenters. The fourth-order valence-electron chi connectivity index (χ4n) is 1.69. The third-order valence-corrected chi connectivity index (χ3v) is 2.80. The predicted octanol–water partition coefficient (Wildman–Crippen LogP) is 0.279. The number of nitrogens with two attached hydrogens (primary N) is 1. The van der Waals surface area contributed by atoms with Crippen LogP contribution in [0.15, 0.2) is 6.33 Å². The van der Waals surface area contributed by atoms with Crippen LogP contribution in [-0.2, 0) is 24.9 Å². The van der Waals surface area contributed by atoms with Crippen molar-refractivity contribution in [2.75, 3.05) is 5.73 Å². The number of hydrogen-bond donors (Lipinski definition) is 1. The van der Waals surface area contributed by atoms with Crippen molar-refractivity contribution in [2.45, 2.75) is 27.0 Å². The number of carbonyl (C=O) groups excluding carboxylic acids is 1. The largest absolute Gasteiger partial charge is 0.453 e. The van der Waals surface area contributed by atoms with Gasteiger partial charge < -0.3 is 10.5 Å². The highest BCUT2D eigenvalue weighted by Crippen LogP contribution is 2.17. The summed E-state index contributed by atoms with van der Waals surface area (Å²) in [7, 11) is 1.73. The molecule has 2 heterocycles. The Morgan fingerprint density at radius 3 is 2.84 bits per heavy atom. The zero-order valence-electron chi connectivity index (χ0n) is 11.1. The number of aromatic nitrogens is 5. The lowest BCUT2D eigenvalue weighted by Gasteiger charge is -2.06. The molecular formula is C11H16N6O2. The number of anilines is 1. The Labute approximate surface area is 110 Å². The summed E-state index contributed by atoms with van der Waals surface area (Å²) < 4.78 is 8.26. The molecule has 8 heteroatoms. The Hall–Kier alpha value is -2.38. The van der Waals surface area contributed by atoms with Crippen molar-refractivity contribution < 1.29 is 9.53 Å². The molecule has 0 aliphatic heterocycles. The van der Waals surface area contributed by atoms with E-state index in [4.69, 9.17) is 10.5 Å². The van der Waals surface area contributed by atoms with Crippen LogP contribution in [0.4, 0.5) is 5.69 Å². The van der Waals surface area contributed by atoms with Gasteiger partial charge >= 0.3 is 5.97 Å². The second-order valence-corrected chi connectivity index (χ2v) is 4.04. The molecule has 102 valence electrons. The molecule has 8 nitrogen and oxygen atoms in total. The zero-order valence-corrected chi connectivity index (χ0v) is 11.1. The van der Waals surface area contributed by atoms with Gasteiger partial charge in [0.25, 0.3) is 0 Å². The maximum absolute atomic E-state index is 12.0. The quantitative estimate of drug-likeness (QED) is 0.796. The first-order valence-electron chi connectivity index (χ1n) is 5.87. The average molecular weight is 264 g/mol. The Kier molecular flexibility index (Phi) is 3.50. The summed E-state index contributed by atoms with van der Waals surface area (Å²) in [6.07, 6.45) is 1.40. The topological polar surface area (TPSA) is 101 Å². The van der Waals surface area contributed by atoms with Crippen LogP contribution in [0.2, 0.25) is 0 Å². The highest BCUT2D eigenvalue weighted by Gasteiger charge is 2.21. The smallest absolute Gasteiger partial charge is 0.359 e. The highest BCUT2D eigenvalue weighted by molar-refractivity contribution is 5.93. The summed E-state index contributed by atoms with van der Waals surface area (Å²) in [5.74, 6) is 0.0501. The van der Waals surface area contributed by atoms with Crippen LogP contribution in [0, 0.1) is 6.92 Å². The normalized spacial score (nSPS) is 10.7. The molecule has 2 aromatic rings. The maximum Gasteiger partial charge on any atom is 0.359 e. The summed E-state index contributed by atoms with van der Waals surface area (Å²) in [4.78, 5) is 16.0. The van der Waals surface area contributed by atoms with E-state index in [0.717, 1.165) is 0 Å². The minimum atomic E-state index is -0.511. The number of nitrogen functional groups attached to an aromatic ring is 1. The van der Waals surface area contributed by atoms with Gasteiger partial charge in [-0.25, -0.2) is 9.78 Å². The summed E-state index contributed by atoms with van der Waals surface area (Å²) in [6.45, 7) is 4.22. The number of ether oxygens (including phenoxy) is 1. The summed E-state index contributed by atoms with van der Waals surface area (Å²) in [6, 6.07) is 0. The van der Waals surface area contributed by atoms with Crippen LogP contribution in [0.1, 0.15) is 28.9 Å². The monoisotopic (exact) mass is 264 g/mol. The minimum Gasteiger partial charge on any atom is -0.453 e. The molecule has 0 radical (unpaired) electrons. The van der Waals surface area contributed by atoms with Crippen molar-refractivity contribution in [3.63, 3.8) is 0 Å². The third kappa shape index (κ3) is 2.42. The van der Waals surface area contributed by atoms with Gasteiger partial charge in [0.2, 0.25) is 0 Å². The first-order valence-corrected chi connectivity index (χ1v) is 5.87. The second-order valence-electron chi connectivity index (χ2n) is 4.04. The molecule has 0 aromatic carbocycles. The molecule has 0 spiro atoms. The SMILES string of the molecule is CCn1nc(C)c(N)c1C(=O)OCc1ncnn1C. The van der Waals surface area contributed by atoms with E-state index < -0.39 is 5.97 Å². The van der Waals surface area contributed by atoms with Crippen molar-refractivity contribution in [2.24, 2.45) is 7.05 Å². The highest BCUT2D eigenvalue weighted by atomic mass is 16.5. The molecule has 2 N–H and O–H groups in total. The van der Waals surface area contributed by atoms with E-state index in [1.165, 1.54) is 11.0 Å². The van der Waals surface area contributed by atoms with Crippen molar-refractivity contribution in [1.29, 1.82) is 0 Å². The van der Waals surface area contributed by atoms with Crippen LogP contribution in [0.5, 0.6) is 0 Å². The molecule has 0 aliphatic carbocycles. The molecule has 0 saturated carbocycles. The lowest BCUT2D eigenvalue weighted by Crippen LogP contribution is -2.15. The molecule has 0 saturated heterocycles. The third-order valence-electron chi connectivity index (χ3n) is 2.80. The van der Waals surface area contributed by atoms with Crippen LogP contribution in [-0.4, -0.2) is 30.5 Å². The van der Waals surface area contributed by atoms with Gasteiger partial charge in [-0.3, -0.25) is 9.36 Å². The van der Waals surface area contributed by atoms with E-state index in [2.05, 4.69) is 15.2 Å². The van der Waals surface area contributed by atoms with Crippen LogP contribution in [0.3, 0.4) is 0 Å². The van der Waals surface area contributed by atoms with Gasteiger partial charge in [0.15, 0.2) is 18.1 Å². The fraction of sp³-hybridized carbons (Fsp3) is 0.455. The van der Waals surface area contributed by atoms with Crippen LogP contribution >= 0.6 is 0 Å². The first-order chi connectivity index (χ1) is 9.04. The predicted molar refractivity (Wildman–Crippen MR) is 67.2 cm³/mol. The molecule has 2 rings (SSSR count). The van der Waals surface area contributed by atoms with Gasteiger partial charge in [-0.2, -0.15) is 10.2 Å². The lowest BCUT2D eigenvalue weighted by atomic mass is 10.3. The molecule has 0 amide bonds. The van der Waals surface area contributed by atoms with E-state index in [9.17, 15) is 4.79 Å². The van der Waals surface area contributed by atoms with Crippen molar-refractivity contribution in [3.05, 3.63) is 23.5 Å². The van der Waals surface area contributed by atoms with Gasteiger partial charge in [0, 0.05) is 13.6 Å². The van der Waals surface area contributed by atoms with Gasteiger partial charge in [0.05, 0.1) is 11.4 Å². The number of esters is 1. The van der Waals surface area contributed by atoms with Crippen molar-refractivity contribution >= 4 is 11.7 Å². The van der Waals surface area contributed by atoms with Gasteiger partial charge in [-0.1, -0.05) is 0 Å². The van der Waals surface area contributed by atoms with Crippen molar-refractivity contribution in [1.82, 2.24) is 24.5 Å². The Morgan fingerprint density at radius 1 is 1.53 bits per heavy atom. The zero-order chi connectivity index (χ0) is 14.0. The van der Waals surface area contributed by atoms with E-state index in [0.29, 0.717) is 23.8 Å². The number of carbonyl (C=O) groups is 1.